The van der Waals surface area contributed by atoms with Gasteiger partial charge in [-0.05, 0) is 6.07 Å². The van der Waals surface area contributed by atoms with E-state index in [0.29, 0.717) is 24.3 Å². The van der Waals surface area contributed by atoms with Crippen molar-refractivity contribution in [2.75, 3.05) is 18.9 Å². The van der Waals surface area contributed by atoms with E-state index in [9.17, 15) is 9.90 Å². The minimum Gasteiger partial charge on any atom is -0.478 e. The van der Waals surface area contributed by atoms with E-state index in [0.717, 1.165) is 0 Å². The standard InChI is InChI=1S/C14H17N3O4/c1-14(2)5-20-13(21-6-14)8-3-9(12(18)19)11(15)17-7-16-4-10(8)17/h3-4,7,13H,5-6,15H2,1-2H3,(H,18,19). The normalized spacial score (nSPS) is 19.0. The van der Waals surface area contributed by atoms with Crippen molar-refractivity contribution in [2.24, 2.45) is 5.41 Å². The highest BCUT2D eigenvalue weighted by Gasteiger charge is 2.31. The Labute approximate surface area is 121 Å². The molecule has 1 aliphatic rings. The Morgan fingerprint density at radius 3 is 2.76 bits per heavy atom. The van der Waals surface area contributed by atoms with E-state index in [1.54, 1.807) is 6.20 Å². The first kappa shape index (κ1) is 13.8. The zero-order chi connectivity index (χ0) is 15.2. The van der Waals surface area contributed by atoms with Gasteiger partial charge in [0.1, 0.15) is 17.7 Å². The number of nitrogens with two attached hydrogens (primary N) is 1. The molecule has 1 saturated heterocycles. The minimum absolute atomic E-state index is 0.00698. The molecule has 2 aromatic rings. The van der Waals surface area contributed by atoms with E-state index >= 15 is 0 Å². The third kappa shape index (κ3) is 2.34. The number of imidazole rings is 1. The number of aromatic nitrogens is 2. The summed E-state index contributed by atoms with van der Waals surface area (Å²) in [5.74, 6) is -0.963. The highest BCUT2D eigenvalue weighted by Crippen LogP contribution is 2.34. The Morgan fingerprint density at radius 1 is 1.48 bits per heavy atom. The summed E-state index contributed by atoms with van der Waals surface area (Å²) in [6, 6.07) is 1.50. The molecule has 0 aromatic carbocycles. The van der Waals surface area contributed by atoms with Crippen molar-refractivity contribution in [1.29, 1.82) is 0 Å². The summed E-state index contributed by atoms with van der Waals surface area (Å²) in [5.41, 5.74) is 7.12. The molecule has 2 aromatic heterocycles. The van der Waals surface area contributed by atoms with Crippen LogP contribution in [0.25, 0.3) is 5.52 Å². The summed E-state index contributed by atoms with van der Waals surface area (Å²) in [4.78, 5) is 15.4. The van der Waals surface area contributed by atoms with Crippen LogP contribution in [0.3, 0.4) is 0 Å². The second kappa shape index (κ2) is 4.71. The van der Waals surface area contributed by atoms with Gasteiger partial charge in [0.05, 0.1) is 24.9 Å². The van der Waals surface area contributed by atoms with Gasteiger partial charge in [-0.15, -0.1) is 0 Å². The molecule has 0 bridgehead atoms. The third-order valence-corrected chi connectivity index (χ3v) is 3.50. The number of anilines is 1. The summed E-state index contributed by atoms with van der Waals surface area (Å²) in [7, 11) is 0. The molecule has 0 radical (unpaired) electrons. The molecular weight excluding hydrogens is 274 g/mol. The second-order valence-electron chi connectivity index (χ2n) is 5.97. The number of nitrogen functional groups attached to an aromatic ring is 1. The number of carboxylic acids is 1. The van der Waals surface area contributed by atoms with Gasteiger partial charge < -0.3 is 20.3 Å². The summed E-state index contributed by atoms with van der Waals surface area (Å²) >= 11 is 0. The molecule has 0 saturated carbocycles. The molecule has 0 unspecified atom stereocenters. The van der Waals surface area contributed by atoms with Crippen molar-refractivity contribution in [3.05, 3.63) is 29.7 Å². The molecule has 3 rings (SSSR count). The monoisotopic (exact) mass is 291 g/mol. The summed E-state index contributed by atoms with van der Waals surface area (Å²) in [6.45, 7) is 5.15. The number of ether oxygens (including phenoxy) is 2. The van der Waals surface area contributed by atoms with E-state index in [-0.39, 0.29) is 16.8 Å². The van der Waals surface area contributed by atoms with E-state index in [1.165, 1.54) is 16.8 Å². The van der Waals surface area contributed by atoms with E-state index in [4.69, 9.17) is 15.2 Å². The van der Waals surface area contributed by atoms with E-state index in [1.807, 2.05) is 13.8 Å². The van der Waals surface area contributed by atoms with Crippen LogP contribution in [0, 0.1) is 5.41 Å². The molecule has 7 heteroatoms. The predicted molar refractivity (Wildman–Crippen MR) is 75.0 cm³/mol. The van der Waals surface area contributed by atoms with Gasteiger partial charge in [-0.1, -0.05) is 13.8 Å². The average molecular weight is 291 g/mol. The largest absolute Gasteiger partial charge is 0.478 e. The van der Waals surface area contributed by atoms with E-state index < -0.39 is 12.3 Å². The van der Waals surface area contributed by atoms with Crippen LogP contribution in [0.4, 0.5) is 5.82 Å². The van der Waals surface area contributed by atoms with Crippen LogP contribution < -0.4 is 5.73 Å². The number of aromatic carboxylic acids is 1. The Kier molecular flexibility index (Phi) is 3.11. The lowest BCUT2D eigenvalue weighted by molar-refractivity contribution is -0.225. The van der Waals surface area contributed by atoms with Crippen molar-refractivity contribution in [1.82, 2.24) is 9.38 Å². The van der Waals surface area contributed by atoms with Crippen molar-refractivity contribution >= 4 is 17.3 Å². The Balaban J connectivity index is 2.08. The van der Waals surface area contributed by atoms with Gasteiger partial charge in [0.25, 0.3) is 0 Å². The second-order valence-corrected chi connectivity index (χ2v) is 5.97. The topological polar surface area (TPSA) is 99.1 Å². The van der Waals surface area contributed by atoms with Crippen LogP contribution >= 0.6 is 0 Å². The molecular formula is C14H17N3O4. The van der Waals surface area contributed by atoms with Gasteiger partial charge in [-0.25, -0.2) is 9.78 Å². The van der Waals surface area contributed by atoms with Gasteiger partial charge in [0.2, 0.25) is 0 Å². The molecule has 3 N–H and O–H groups in total. The van der Waals surface area contributed by atoms with Crippen LogP contribution in [0.5, 0.6) is 0 Å². The number of hydrogen-bond donors (Lipinski definition) is 2. The smallest absolute Gasteiger partial charge is 0.339 e. The van der Waals surface area contributed by atoms with Gasteiger partial charge >= 0.3 is 5.97 Å². The van der Waals surface area contributed by atoms with Crippen molar-refractivity contribution in [3.8, 4) is 0 Å². The number of fused-ring (bicyclic) bond motifs is 1. The number of pyridine rings is 1. The molecule has 0 atom stereocenters. The van der Waals surface area contributed by atoms with Gasteiger partial charge in [-0.2, -0.15) is 0 Å². The van der Waals surface area contributed by atoms with Gasteiger partial charge in [-0.3, -0.25) is 4.40 Å². The molecule has 1 fully saturated rings. The number of hydrogen-bond acceptors (Lipinski definition) is 5. The number of rotatable bonds is 2. The summed E-state index contributed by atoms with van der Waals surface area (Å²) in [6.07, 6.45) is 2.48. The summed E-state index contributed by atoms with van der Waals surface area (Å²) < 4.78 is 13.0. The maximum atomic E-state index is 11.3. The predicted octanol–water partition coefficient (Wildman–Crippen LogP) is 1.69. The zero-order valence-corrected chi connectivity index (χ0v) is 11.9. The molecule has 21 heavy (non-hydrogen) atoms. The van der Waals surface area contributed by atoms with Gasteiger partial charge in [0, 0.05) is 11.0 Å². The molecule has 112 valence electrons. The maximum absolute atomic E-state index is 11.3. The summed E-state index contributed by atoms with van der Waals surface area (Å²) in [5, 5.41) is 9.27. The van der Waals surface area contributed by atoms with E-state index in [2.05, 4.69) is 4.98 Å². The molecule has 1 aliphatic heterocycles. The van der Waals surface area contributed by atoms with Crippen LogP contribution in [0.2, 0.25) is 0 Å². The lowest BCUT2D eigenvalue weighted by Crippen LogP contribution is -2.34. The van der Waals surface area contributed by atoms with Crippen LogP contribution in [0.15, 0.2) is 18.6 Å². The fourth-order valence-electron chi connectivity index (χ4n) is 2.37. The number of carboxylic acid groups (broad SMARTS) is 1. The van der Waals surface area contributed by atoms with Crippen molar-refractivity contribution < 1.29 is 19.4 Å². The third-order valence-electron chi connectivity index (χ3n) is 3.50. The Morgan fingerprint density at radius 2 is 2.14 bits per heavy atom. The maximum Gasteiger partial charge on any atom is 0.339 e. The van der Waals surface area contributed by atoms with Crippen LogP contribution in [-0.2, 0) is 9.47 Å². The highest BCUT2D eigenvalue weighted by atomic mass is 16.7. The SMILES string of the molecule is CC1(C)COC(c2cc(C(=O)O)c(N)n3cncc23)OC1. The van der Waals surface area contributed by atoms with Gasteiger partial charge in [0.15, 0.2) is 6.29 Å². The first-order chi connectivity index (χ1) is 9.89. The number of carbonyl (C=O) groups is 1. The molecule has 0 aliphatic carbocycles. The minimum atomic E-state index is -1.10. The average Bonchev–Trinajstić information content (AvgIpc) is 2.89. The fraction of sp³-hybridized carbons (Fsp3) is 0.429. The van der Waals surface area contributed by atoms with Crippen molar-refractivity contribution in [3.63, 3.8) is 0 Å². The molecule has 3 heterocycles. The quantitative estimate of drug-likeness (QED) is 0.873. The lowest BCUT2D eigenvalue weighted by Gasteiger charge is -2.35. The van der Waals surface area contributed by atoms with Crippen LogP contribution in [0.1, 0.15) is 36.1 Å². The first-order valence-corrected chi connectivity index (χ1v) is 6.60. The van der Waals surface area contributed by atoms with Crippen LogP contribution in [-0.4, -0.2) is 33.7 Å². The zero-order valence-electron chi connectivity index (χ0n) is 11.9. The molecule has 7 nitrogen and oxygen atoms in total. The van der Waals surface area contributed by atoms with Crippen molar-refractivity contribution in [2.45, 2.75) is 20.1 Å². The fourth-order valence-corrected chi connectivity index (χ4v) is 2.37. The Hall–Kier alpha value is -2.12. The lowest BCUT2D eigenvalue weighted by atomic mass is 9.95. The first-order valence-electron chi connectivity index (χ1n) is 6.60. The Bertz CT molecular complexity index is 698. The molecule has 0 amide bonds. The molecule has 0 spiro atoms. The number of nitrogens with zero attached hydrogens (tertiary/aromatic N) is 2. The highest BCUT2D eigenvalue weighted by molar-refractivity contribution is 5.94.